The number of hydrogen-bond acceptors (Lipinski definition) is 3. The zero-order valence-corrected chi connectivity index (χ0v) is 28.2. The summed E-state index contributed by atoms with van der Waals surface area (Å²) < 4.78 is 6.13. The van der Waals surface area contributed by atoms with Crippen molar-refractivity contribution in [2.24, 2.45) is 0 Å². The van der Waals surface area contributed by atoms with Gasteiger partial charge >= 0.3 is 0 Å². The number of hydrogen-bond donors (Lipinski definition) is 0. The van der Waals surface area contributed by atoms with Gasteiger partial charge < -0.3 is 14.4 Å². The molecule has 0 N–H and O–H groups in total. The first-order chi connectivity index (χ1) is 23.3. The number of rotatable bonds is 4. The molecule has 0 saturated heterocycles. The summed E-state index contributed by atoms with van der Waals surface area (Å²) in [6, 6.07) is 60.2. The average Bonchev–Trinajstić information content (AvgIpc) is 3.55. The third kappa shape index (κ3) is 6.08. The molecule has 3 nitrogen and oxygen atoms in total. The van der Waals surface area contributed by atoms with Crippen LogP contribution in [0.5, 0.6) is 0 Å². The molecule has 48 heavy (non-hydrogen) atoms. The summed E-state index contributed by atoms with van der Waals surface area (Å²) >= 11 is 0. The summed E-state index contributed by atoms with van der Waals surface area (Å²) in [7, 11) is 0. The van der Waals surface area contributed by atoms with E-state index in [-0.39, 0.29) is 20.1 Å². The molecule has 1 radical (unpaired) electrons. The van der Waals surface area contributed by atoms with Gasteiger partial charge in [-0.05, 0) is 46.4 Å². The van der Waals surface area contributed by atoms with Gasteiger partial charge in [-0.15, -0.1) is 59.7 Å². The zero-order chi connectivity index (χ0) is 31.4. The van der Waals surface area contributed by atoms with Gasteiger partial charge in [0.1, 0.15) is 11.2 Å². The molecule has 4 heteroatoms. The minimum absolute atomic E-state index is 0. The molecule has 0 fully saturated rings. The Morgan fingerprint density at radius 3 is 1.98 bits per heavy atom. The second-order valence-corrected chi connectivity index (χ2v) is 11.2. The van der Waals surface area contributed by atoms with Crippen molar-refractivity contribution in [1.82, 2.24) is 9.97 Å². The Bertz CT molecular complexity index is 2410. The minimum Gasteiger partial charge on any atom is -0.456 e. The number of benzene rings is 6. The Balaban J connectivity index is 0.000000237. The molecule has 0 unspecified atom stereocenters. The Morgan fingerprint density at radius 1 is 0.479 bits per heavy atom. The molecule has 9 rings (SSSR count). The van der Waals surface area contributed by atoms with Crippen LogP contribution in [0.25, 0.3) is 77.5 Å². The van der Waals surface area contributed by atoms with Crippen LogP contribution in [0.15, 0.2) is 175 Å². The number of fused-ring (bicyclic) bond motifs is 5. The first kappa shape index (κ1) is 31.0. The molecular formula is C44H28IrN2O-2. The van der Waals surface area contributed by atoms with Crippen molar-refractivity contribution in [2.45, 2.75) is 0 Å². The number of nitrogens with zero attached hydrogens (tertiary/aromatic N) is 2. The number of para-hydroxylation sites is 1. The molecule has 0 spiro atoms. The van der Waals surface area contributed by atoms with Crippen LogP contribution in [0.2, 0.25) is 0 Å². The monoisotopic (exact) mass is 793 g/mol. The Labute approximate surface area is 292 Å². The molecule has 231 valence electrons. The molecule has 0 bridgehead atoms. The molecular weight excluding hydrogens is 765 g/mol. The minimum atomic E-state index is 0. The largest absolute Gasteiger partial charge is 0.456 e. The van der Waals surface area contributed by atoms with Gasteiger partial charge in [0.05, 0.1) is 0 Å². The second-order valence-electron chi connectivity index (χ2n) is 11.2. The summed E-state index contributed by atoms with van der Waals surface area (Å²) in [5, 5.41) is 4.70. The van der Waals surface area contributed by atoms with Gasteiger partial charge in [0, 0.05) is 43.3 Å². The summed E-state index contributed by atoms with van der Waals surface area (Å²) in [4.78, 5) is 8.82. The summed E-state index contributed by atoms with van der Waals surface area (Å²) in [5.74, 6) is 0. The van der Waals surface area contributed by atoms with Crippen molar-refractivity contribution in [3.8, 4) is 44.8 Å². The fourth-order valence-electron chi connectivity index (χ4n) is 6.13. The molecule has 3 heterocycles. The molecule has 0 saturated carbocycles. The van der Waals surface area contributed by atoms with E-state index < -0.39 is 0 Å². The molecule has 0 aliphatic carbocycles. The van der Waals surface area contributed by atoms with Crippen molar-refractivity contribution >= 4 is 32.7 Å². The van der Waals surface area contributed by atoms with Gasteiger partial charge in [-0.3, -0.25) is 0 Å². The van der Waals surface area contributed by atoms with Gasteiger partial charge in [-0.25, -0.2) is 0 Å². The van der Waals surface area contributed by atoms with Crippen molar-refractivity contribution in [3.05, 3.63) is 182 Å². The maximum absolute atomic E-state index is 6.13. The zero-order valence-electron chi connectivity index (χ0n) is 25.8. The van der Waals surface area contributed by atoms with Crippen LogP contribution in [0.4, 0.5) is 0 Å². The second kappa shape index (κ2) is 14.0. The van der Waals surface area contributed by atoms with E-state index in [9.17, 15) is 0 Å². The molecule has 0 atom stereocenters. The maximum atomic E-state index is 6.13. The van der Waals surface area contributed by atoms with Gasteiger partial charge in [0.25, 0.3) is 0 Å². The van der Waals surface area contributed by atoms with Crippen LogP contribution in [-0.2, 0) is 20.1 Å². The molecule has 0 aliphatic heterocycles. The van der Waals surface area contributed by atoms with E-state index in [0.717, 1.165) is 61.1 Å². The maximum Gasteiger partial charge on any atom is 0.136 e. The van der Waals surface area contributed by atoms with E-state index in [4.69, 9.17) is 4.42 Å². The normalized spacial score (nSPS) is 10.8. The van der Waals surface area contributed by atoms with E-state index in [2.05, 4.69) is 101 Å². The smallest absolute Gasteiger partial charge is 0.136 e. The van der Waals surface area contributed by atoms with E-state index in [1.807, 2.05) is 85.1 Å². The van der Waals surface area contributed by atoms with E-state index in [1.54, 1.807) is 6.20 Å². The number of furan rings is 1. The van der Waals surface area contributed by atoms with Crippen LogP contribution in [0, 0.1) is 12.1 Å². The number of pyridine rings is 2. The van der Waals surface area contributed by atoms with Crippen LogP contribution >= 0.6 is 0 Å². The van der Waals surface area contributed by atoms with Gasteiger partial charge in [-0.2, -0.15) is 0 Å². The van der Waals surface area contributed by atoms with E-state index >= 15 is 0 Å². The first-order valence-electron chi connectivity index (χ1n) is 15.6. The fourth-order valence-corrected chi connectivity index (χ4v) is 6.13. The molecule has 0 aliphatic rings. The Hall–Kier alpha value is -5.67. The predicted molar refractivity (Wildman–Crippen MR) is 193 cm³/mol. The quantitative estimate of drug-likeness (QED) is 0.167. The van der Waals surface area contributed by atoms with Crippen molar-refractivity contribution in [3.63, 3.8) is 0 Å². The van der Waals surface area contributed by atoms with E-state index in [0.29, 0.717) is 0 Å². The SMILES string of the molecule is [Ir].[c-]1cc(-c2cccc3c2ccc2oc4ccccc4c23)cc(-c2ccccc2)c1-c1ccccn1.[c-]1ccccc1-c1ccccn1. The van der Waals surface area contributed by atoms with Crippen LogP contribution < -0.4 is 0 Å². The Kier molecular flexibility index (Phi) is 9.02. The summed E-state index contributed by atoms with van der Waals surface area (Å²) in [6.07, 6.45) is 3.62. The van der Waals surface area contributed by atoms with Gasteiger partial charge in [-0.1, -0.05) is 119 Å². The number of aromatic nitrogens is 2. The standard InChI is InChI=1S/C33H20NO.C11H8N.Ir/c1-2-9-22(10-3-1)29-21-23(16-17-26(29)30-14-6-7-20-34-30)24-12-8-13-27-25(24)18-19-32-33(27)28-11-4-5-15-31(28)35-32;1-2-6-10(7-3-1)11-8-4-5-9-12-11;/h1-16,18-21H;1-6,8-9H;/q2*-1;. The van der Waals surface area contributed by atoms with E-state index in [1.165, 1.54) is 16.3 Å². The summed E-state index contributed by atoms with van der Waals surface area (Å²) in [6.45, 7) is 0. The van der Waals surface area contributed by atoms with Gasteiger partial charge in [0.15, 0.2) is 0 Å². The Morgan fingerprint density at radius 2 is 1.21 bits per heavy atom. The molecule has 0 amide bonds. The topological polar surface area (TPSA) is 38.9 Å². The first-order valence-corrected chi connectivity index (χ1v) is 15.6. The molecule has 9 aromatic rings. The van der Waals surface area contributed by atoms with Crippen LogP contribution in [0.1, 0.15) is 0 Å². The average molecular weight is 793 g/mol. The molecule has 3 aromatic heterocycles. The van der Waals surface area contributed by atoms with Crippen LogP contribution in [-0.4, -0.2) is 9.97 Å². The van der Waals surface area contributed by atoms with Crippen LogP contribution in [0.3, 0.4) is 0 Å². The third-order valence-electron chi connectivity index (χ3n) is 8.31. The van der Waals surface area contributed by atoms with Crippen molar-refractivity contribution in [1.29, 1.82) is 0 Å². The van der Waals surface area contributed by atoms with Crippen molar-refractivity contribution in [2.75, 3.05) is 0 Å². The van der Waals surface area contributed by atoms with Crippen molar-refractivity contribution < 1.29 is 24.5 Å². The molecule has 6 aromatic carbocycles. The fraction of sp³-hybridized carbons (Fsp3) is 0. The third-order valence-corrected chi connectivity index (χ3v) is 8.31. The predicted octanol–water partition coefficient (Wildman–Crippen LogP) is 11.5. The summed E-state index contributed by atoms with van der Waals surface area (Å²) in [5.41, 5.74) is 10.3. The van der Waals surface area contributed by atoms with Gasteiger partial charge in [0.2, 0.25) is 0 Å².